The molecule has 0 spiro atoms. The molecule has 6 rings (SSSR count). The van der Waals surface area contributed by atoms with Crippen molar-refractivity contribution in [2.75, 3.05) is 0 Å². The molecule has 6 nitrogen and oxygen atoms in total. The van der Waals surface area contributed by atoms with Gasteiger partial charge in [0.15, 0.2) is 0 Å². The summed E-state index contributed by atoms with van der Waals surface area (Å²) in [5, 5.41) is 3.62. The summed E-state index contributed by atoms with van der Waals surface area (Å²) in [4.78, 5) is 0.0000983. The Bertz CT molecular complexity index is 2120. The largest absolute Gasteiger partial charge is 0.295 e. The molecule has 2 N–H and O–H groups in total. The van der Waals surface area contributed by atoms with Crippen molar-refractivity contribution in [3.63, 3.8) is 0 Å². The van der Waals surface area contributed by atoms with Crippen molar-refractivity contribution >= 4 is 41.8 Å². The van der Waals surface area contributed by atoms with Gasteiger partial charge < -0.3 is 0 Å². The Kier molecular flexibility index (Phi) is 8.75. The van der Waals surface area contributed by atoms with Gasteiger partial charge in [-0.05, 0) is 75.2 Å². The second kappa shape index (κ2) is 12.5. The second-order valence-electron chi connectivity index (χ2n) is 10.3. The zero-order chi connectivity index (χ0) is 30.6. The maximum absolute atomic E-state index is 11.9. The first-order valence-electron chi connectivity index (χ1n) is 13.6. The van der Waals surface area contributed by atoms with Crippen molar-refractivity contribution in [2.45, 2.75) is 29.6 Å². The van der Waals surface area contributed by atoms with Crippen LogP contribution >= 0.6 is 0 Å². The molecule has 0 radical (unpaired) electrons. The van der Waals surface area contributed by atoms with Gasteiger partial charge >= 0.3 is 0 Å². The minimum atomic E-state index is -4.28. The number of rotatable bonds is 6. The van der Waals surface area contributed by atoms with E-state index in [0.29, 0.717) is 29.5 Å². The predicted molar refractivity (Wildman–Crippen MR) is 171 cm³/mol. The van der Waals surface area contributed by atoms with Crippen LogP contribution in [0.2, 0.25) is 0 Å². The van der Waals surface area contributed by atoms with Crippen LogP contribution in [0, 0.1) is 6.92 Å². The molecule has 8 heteroatoms. The number of hydrogen-bond acceptors (Lipinski definition) is 4. The highest BCUT2D eigenvalue weighted by Gasteiger charge is 2.21. The summed E-state index contributed by atoms with van der Waals surface area (Å²) >= 11 is 0. The van der Waals surface area contributed by atoms with Gasteiger partial charge in [0.25, 0.3) is 20.2 Å². The Morgan fingerprint density at radius 3 is 1.51 bits per heavy atom. The Balaban J connectivity index is 0.000000171. The molecule has 0 heterocycles. The van der Waals surface area contributed by atoms with Crippen molar-refractivity contribution in [2.24, 2.45) is 0 Å². The minimum Gasteiger partial charge on any atom is -0.282 e. The second-order valence-corrected chi connectivity index (χ2v) is 13.0. The van der Waals surface area contributed by atoms with Crippen LogP contribution in [-0.2, 0) is 33.1 Å². The third-order valence-corrected chi connectivity index (χ3v) is 9.29. The molecule has 0 saturated carbocycles. The van der Waals surface area contributed by atoms with Crippen molar-refractivity contribution in [1.82, 2.24) is 0 Å². The SMILES string of the molecule is Cc1cc2ccccc2c(Cc2ccccc2)c1S(=O)(=O)O.O=S(=O)(O)c1ccc2ccccc2c1Cc1ccccc1. The molecule has 0 fully saturated rings. The zero-order valence-corrected chi connectivity index (χ0v) is 25.0. The van der Waals surface area contributed by atoms with Crippen LogP contribution in [0.3, 0.4) is 0 Å². The molecule has 0 amide bonds. The summed E-state index contributed by atoms with van der Waals surface area (Å²) in [6, 6.07) is 39.5. The van der Waals surface area contributed by atoms with Crippen LogP contribution < -0.4 is 0 Å². The summed E-state index contributed by atoms with van der Waals surface area (Å²) in [7, 11) is -8.52. The van der Waals surface area contributed by atoms with Crippen LogP contribution in [0.25, 0.3) is 21.5 Å². The molecule has 43 heavy (non-hydrogen) atoms. The molecular formula is C35H30O6S2. The number of fused-ring (bicyclic) bond motifs is 2. The van der Waals surface area contributed by atoms with E-state index in [-0.39, 0.29) is 9.79 Å². The standard InChI is InChI=1S/C18H16O3S.C17H14O3S/c1-13-11-15-9-5-6-10-16(15)17(18(13)22(19,20)21)12-14-7-3-2-4-8-14;18-21(19,20)17-11-10-14-8-4-5-9-15(14)16(17)12-13-6-2-1-3-7-13/h2-11H,12H2,1H3,(H,19,20,21);1-11H,12H2,(H,18,19,20). The van der Waals surface area contributed by atoms with Gasteiger partial charge in [0, 0.05) is 0 Å². The van der Waals surface area contributed by atoms with Gasteiger partial charge in [0.1, 0.15) is 4.90 Å². The van der Waals surface area contributed by atoms with Crippen LogP contribution in [0.4, 0.5) is 0 Å². The van der Waals surface area contributed by atoms with Crippen molar-refractivity contribution in [3.05, 3.63) is 155 Å². The fourth-order valence-electron chi connectivity index (χ4n) is 5.43. The molecule has 0 atom stereocenters. The molecule has 0 aromatic heterocycles. The van der Waals surface area contributed by atoms with Gasteiger partial charge in [-0.2, -0.15) is 16.8 Å². The third-order valence-electron chi connectivity index (χ3n) is 7.27. The number of aryl methyl sites for hydroxylation is 1. The molecule has 0 saturated heterocycles. The van der Waals surface area contributed by atoms with Gasteiger partial charge in [-0.3, -0.25) is 9.11 Å². The van der Waals surface area contributed by atoms with E-state index >= 15 is 0 Å². The van der Waals surface area contributed by atoms with Crippen LogP contribution in [0.5, 0.6) is 0 Å². The summed E-state index contributed by atoms with van der Waals surface area (Å²) in [5.41, 5.74) is 3.83. The zero-order valence-electron chi connectivity index (χ0n) is 23.4. The smallest absolute Gasteiger partial charge is 0.282 e. The van der Waals surface area contributed by atoms with E-state index in [1.54, 1.807) is 19.1 Å². The number of hydrogen-bond donors (Lipinski definition) is 2. The van der Waals surface area contributed by atoms with Crippen LogP contribution in [-0.4, -0.2) is 25.9 Å². The van der Waals surface area contributed by atoms with Crippen LogP contribution in [0.15, 0.2) is 137 Å². The Labute approximate surface area is 251 Å². The maximum atomic E-state index is 11.9. The van der Waals surface area contributed by atoms with Gasteiger partial charge in [-0.15, -0.1) is 0 Å². The van der Waals surface area contributed by atoms with Gasteiger partial charge in [0.05, 0.1) is 4.90 Å². The lowest BCUT2D eigenvalue weighted by Crippen LogP contribution is -2.07. The normalized spacial score (nSPS) is 11.7. The van der Waals surface area contributed by atoms with E-state index in [1.807, 2.05) is 109 Å². The third kappa shape index (κ3) is 7.01. The Hall–Kier alpha value is -4.34. The number of benzene rings is 6. The quantitative estimate of drug-likeness (QED) is 0.187. The predicted octanol–water partition coefficient (Wildman–Crippen LogP) is 7.66. The molecule has 0 unspecified atom stereocenters. The van der Waals surface area contributed by atoms with Crippen molar-refractivity contribution in [3.8, 4) is 0 Å². The monoisotopic (exact) mass is 610 g/mol. The fraction of sp³-hybridized carbons (Fsp3) is 0.0857. The van der Waals surface area contributed by atoms with Crippen molar-refractivity contribution < 1.29 is 25.9 Å². The van der Waals surface area contributed by atoms with Gasteiger partial charge in [0.2, 0.25) is 0 Å². The average molecular weight is 611 g/mol. The summed E-state index contributed by atoms with van der Waals surface area (Å²) < 4.78 is 66.2. The molecule has 0 aliphatic heterocycles. The fourth-order valence-corrected chi connectivity index (χ4v) is 7.12. The molecule has 6 aromatic rings. The minimum absolute atomic E-state index is 0.0231. The van der Waals surface area contributed by atoms with E-state index in [9.17, 15) is 25.9 Å². The van der Waals surface area contributed by atoms with E-state index in [1.165, 1.54) is 6.07 Å². The van der Waals surface area contributed by atoms with E-state index in [2.05, 4.69) is 0 Å². The maximum Gasteiger partial charge on any atom is 0.295 e. The Morgan fingerprint density at radius 2 is 0.977 bits per heavy atom. The highest BCUT2D eigenvalue weighted by Crippen LogP contribution is 2.31. The lowest BCUT2D eigenvalue weighted by Gasteiger charge is -2.14. The van der Waals surface area contributed by atoms with Crippen LogP contribution in [0.1, 0.15) is 27.8 Å². The van der Waals surface area contributed by atoms with Gasteiger partial charge in [-0.25, -0.2) is 0 Å². The highest BCUT2D eigenvalue weighted by molar-refractivity contribution is 7.86. The molecule has 0 bridgehead atoms. The molecular weight excluding hydrogens is 581 g/mol. The lowest BCUT2D eigenvalue weighted by atomic mass is 9.96. The summed E-state index contributed by atoms with van der Waals surface area (Å²) in [5.74, 6) is 0. The molecule has 0 aliphatic carbocycles. The van der Waals surface area contributed by atoms with E-state index in [4.69, 9.17) is 0 Å². The summed E-state index contributed by atoms with van der Waals surface area (Å²) in [6.07, 6.45) is 0.912. The first-order chi connectivity index (χ1) is 20.5. The summed E-state index contributed by atoms with van der Waals surface area (Å²) in [6.45, 7) is 1.71. The Morgan fingerprint density at radius 1 is 0.512 bits per heavy atom. The van der Waals surface area contributed by atoms with E-state index < -0.39 is 20.2 Å². The molecule has 6 aromatic carbocycles. The first kappa shape index (κ1) is 30.1. The van der Waals surface area contributed by atoms with Crippen molar-refractivity contribution in [1.29, 1.82) is 0 Å². The highest BCUT2D eigenvalue weighted by atomic mass is 32.2. The lowest BCUT2D eigenvalue weighted by molar-refractivity contribution is 0.480. The van der Waals surface area contributed by atoms with E-state index in [0.717, 1.165) is 32.7 Å². The first-order valence-corrected chi connectivity index (χ1v) is 16.4. The molecule has 218 valence electrons. The molecule has 0 aliphatic rings. The van der Waals surface area contributed by atoms with Gasteiger partial charge in [-0.1, -0.05) is 121 Å². The topological polar surface area (TPSA) is 109 Å². The average Bonchev–Trinajstić information content (AvgIpc) is 2.97.